The number of benzene rings is 1. The molecule has 10 heteroatoms. The molecule has 0 amide bonds. The molecule has 2 N–H and O–H groups in total. The number of aromatic nitrogens is 4. The van der Waals surface area contributed by atoms with E-state index in [-0.39, 0.29) is 29.6 Å². The highest BCUT2D eigenvalue weighted by molar-refractivity contribution is 7.99. The summed E-state index contributed by atoms with van der Waals surface area (Å²) in [7, 11) is 1.55. The van der Waals surface area contributed by atoms with Gasteiger partial charge in [-0.15, -0.1) is 0 Å². The lowest BCUT2D eigenvalue weighted by molar-refractivity contribution is 0.0914. The SMILES string of the molecule is CC[C@H](C)Sc1nc2c(c(=O)[nH]c(=O)n2C)n1C[C@H](O)COc1ccc(Cl)cc1. The zero-order valence-electron chi connectivity index (χ0n) is 16.4. The molecule has 0 aliphatic rings. The molecule has 1 aromatic carbocycles. The first-order valence-electron chi connectivity index (χ1n) is 9.22. The van der Waals surface area contributed by atoms with Crippen LogP contribution in [0.25, 0.3) is 11.2 Å². The summed E-state index contributed by atoms with van der Waals surface area (Å²) in [4.78, 5) is 31.2. The molecule has 0 spiro atoms. The first kappa shape index (κ1) is 21.5. The maximum absolute atomic E-state index is 12.5. The summed E-state index contributed by atoms with van der Waals surface area (Å²) in [6, 6.07) is 6.83. The van der Waals surface area contributed by atoms with Gasteiger partial charge in [0, 0.05) is 17.3 Å². The summed E-state index contributed by atoms with van der Waals surface area (Å²) in [5, 5.41) is 12.0. The summed E-state index contributed by atoms with van der Waals surface area (Å²) < 4.78 is 8.56. The van der Waals surface area contributed by atoms with Crippen molar-refractivity contribution in [1.82, 2.24) is 19.1 Å². The Morgan fingerprint density at radius 2 is 2.00 bits per heavy atom. The molecule has 0 unspecified atom stereocenters. The van der Waals surface area contributed by atoms with Crippen LogP contribution in [0.2, 0.25) is 5.02 Å². The number of thioether (sulfide) groups is 1. The molecular formula is C19H23ClN4O4S. The number of H-pyrrole nitrogens is 1. The van der Waals surface area contributed by atoms with E-state index < -0.39 is 17.4 Å². The zero-order valence-corrected chi connectivity index (χ0v) is 18.0. The molecule has 0 saturated carbocycles. The van der Waals surface area contributed by atoms with Crippen LogP contribution in [0.1, 0.15) is 20.3 Å². The van der Waals surface area contributed by atoms with Crippen LogP contribution in [0.15, 0.2) is 39.0 Å². The number of aliphatic hydroxyl groups excluding tert-OH is 1. The Kier molecular flexibility index (Phi) is 6.71. The molecule has 29 heavy (non-hydrogen) atoms. The smallest absolute Gasteiger partial charge is 0.329 e. The third-order valence-corrected chi connectivity index (χ3v) is 6.01. The topological polar surface area (TPSA) is 102 Å². The van der Waals surface area contributed by atoms with Crippen molar-refractivity contribution in [1.29, 1.82) is 0 Å². The number of nitrogens with one attached hydrogen (secondary N) is 1. The van der Waals surface area contributed by atoms with Gasteiger partial charge in [-0.3, -0.25) is 14.3 Å². The number of imidazole rings is 1. The van der Waals surface area contributed by atoms with Gasteiger partial charge in [0.05, 0.1) is 6.54 Å². The molecule has 3 aromatic rings. The Hall–Kier alpha value is -2.23. The van der Waals surface area contributed by atoms with Gasteiger partial charge in [-0.25, -0.2) is 9.78 Å². The van der Waals surface area contributed by atoms with E-state index in [2.05, 4.69) is 23.8 Å². The number of aromatic amines is 1. The fourth-order valence-corrected chi connectivity index (χ4v) is 3.81. The fraction of sp³-hybridized carbons (Fsp3) is 0.421. The van der Waals surface area contributed by atoms with Gasteiger partial charge >= 0.3 is 5.69 Å². The minimum absolute atomic E-state index is 0.0262. The molecule has 0 aliphatic heterocycles. The predicted molar refractivity (Wildman–Crippen MR) is 114 cm³/mol. The molecule has 0 radical (unpaired) electrons. The number of rotatable bonds is 8. The number of aliphatic hydroxyl groups is 1. The summed E-state index contributed by atoms with van der Waals surface area (Å²) in [5.74, 6) is 0.582. The number of hydrogen-bond acceptors (Lipinski definition) is 6. The fourth-order valence-electron chi connectivity index (χ4n) is 2.72. The summed E-state index contributed by atoms with van der Waals surface area (Å²) in [6.45, 7) is 4.24. The van der Waals surface area contributed by atoms with Gasteiger partial charge in [-0.1, -0.05) is 37.2 Å². The molecule has 3 rings (SSSR count). The predicted octanol–water partition coefficient (Wildman–Crippen LogP) is 2.41. The highest BCUT2D eigenvalue weighted by Crippen LogP contribution is 2.27. The Bertz CT molecular complexity index is 1110. The van der Waals surface area contributed by atoms with Gasteiger partial charge in [-0.2, -0.15) is 0 Å². The van der Waals surface area contributed by atoms with Crippen molar-refractivity contribution < 1.29 is 9.84 Å². The van der Waals surface area contributed by atoms with Crippen molar-refractivity contribution in [3.63, 3.8) is 0 Å². The van der Waals surface area contributed by atoms with Crippen molar-refractivity contribution in [3.8, 4) is 5.75 Å². The van der Waals surface area contributed by atoms with Crippen LogP contribution >= 0.6 is 23.4 Å². The third kappa shape index (κ3) is 4.85. The second-order valence-electron chi connectivity index (χ2n) is 6.75. The molecule has 8 nitrogen and oxygen atoms in total. The van der Waals surface area contributed by atoms with E-state index in [4.69, 9.17) is 16.3 Å². The maximum Gasteiger partial charge on any atom is 0.329 e. The average Bonchev–Trinajstić information content (AvgIpc) is 3.04. The number of fused-ring (bicyclic) bond motifs is 1. The van der Waals surface area contributed by atoms with Crippen LogP contribution in [0, 0.1) is 0 Å². The lowest BCUT2D eigenvalue weighted by Gasteiger charge is -2.16. The lowest BCUT2D eigenvalue weighted by Crippen LogP contribution is -2.30. The lowest BCUT2D eigenvalue weighted by atomic mass is 10.3. The minimum atomic E-state index is -0.893. The zero-order chi connectivity index (χ0) is 21.1. The maximum atomic E-state index is 12.5. The summed E-state index contributed by atoms with van der Waals surface area (Å²) >= 11 is 7.35. The number of halogens is 1. The summed E-state index contributed by atoms with van der Waals surface area (Å²) in [6.07, 6.45) is 0.0155. The van der Waals surface area contributed by atoms with Gasteiger partial charge in [0.1, 0.15) is 18.5 Å². The Morgan fingerprint density at radius 3 is 2.66 bits per heavy atom. The van der Waals surface area contributed by atoms with Crippen molar-refractivity contribution in [3.05, 3.63) is 50.1 Å². The van der Waals surface area contributed by atoms with E-state index in [1.165, 1.54) is 16.3 Å². The second-order valence-corrected chi connectivity index (χ2v) is 8.59. The number of nitrogens with zero attached hydrogens (tertiary/aromatic N) is 3. The van der Waals surface area contributed by atoms with Crippen LogP contribution in [0.4, 0.5) is 0 Å². The van der Waals surface area contributed by atoms with E-state index in [0.717, 1.165) is 6.42 Å². The van der Waals surface area contributed by atoms with Gasteiger partial charge in [0.2, 0.25) is 0 Å². The molecular weight excluding hydrogens is 416 g/mol. The number of aryl methyl sites for hydroxylation is 1. The van der Waals surface area contributed by atoms with Crippen LogP contribution in [-0.4, -0.2) is 42.2 Å². The highest BCUT2D eigenvalue weighted by atomic mass is 35.5. The van der Waals surface area contributed by atoms with Crippen molar-refractivity contribution in [2.75, 3.05) is 6.61 Å². The standard InChI is InChI=1S/C19H23ClN4O4S/c1-4-11(2)29-19-21-16-15(17(26)22-18(27)23(16)3)24(19)9-13(25)10-28-14-7-5-12(20)6-8-14/h5-8,11,13,25H,4,9-10H2,1-3H3,(H,22,26,27)/t11-,13-/m0/s1. The minimum Gasteiger partial charge on any atom is -0.491 e. The first-order valence-corrected chi connectivity index (χ1v) is 10.5. The quantitative estimate of drug-likeness (QED) is 0.523. The van der Waals surface area contributed by atoms with Crippen molar-refractivity contribution in [2.45, 2.75) is 43.3 Å². The van der Waals surface area contributed by atoms with E-state index in [1.807, 2.05) is 0 Å². The first-order chi connectivity index (χ1) is 13.8. The summed E-state index contributed by atoms with van der Waals surface area (Å²) in [5.41, 5.74) is -0.518. The van der Waals surface area contributed by atoms with E-state index in [9.17, 15) is 14.7 Å². The molecule has 0 fully saturated rings. The van der Waals surface area contributed by atoms with E-state index in [0.29, 0.717) is 15.9 Å². The van der Waals surface area contributed by atoms with Crippen LogP contribution in [0.5, 0.6) is 5.75 Å². The average molecular weight is 439 g/mol. The van der Waals surface area contributed by atoms with Crippen LogP contribution in [-0.2, 0) is 13.6 Å². The van der Waals surface area contributed by atoms with E-state index >= 15 is 0 Å². The molecule has 2 atom stereocenters. The molecule has 0 saturated heterocycles. The Morgan fingerprint density at radius 1 is 1.31 bits per heavy atom. The van der Waals surface area contributed by atoms with Gasteiger partial charge in [-0.05, 0) is 30.7 Å². The Balaban J connectivity index is 1.90. The van der Waals surface area contributed by atoms with E-state index in [1.54, 1.807) is 35.9 Å². The monoisotopic (exact) mass is 438 g/mol. The largest absolute Gasteiger partial charge is 0.491 e. The molecule has 156 valence electrons. The molecule has 2 aromatic heterocycles. The third-order valence-electron chi connectivity index (χ3n) is 4.50. The van der Waals surface area contributed by atoms with Crippen molar-refractivity contribution >= 4 is 34.5 Å². The van der Waals surface area contributed by atoms with Crippen LogP contribution < -0.4 is 16.0 Å². The van der Waals surface area contributed by atoms with Crippen LogP contribution in [0.3, 0.4) is 0 Å². The normalized spacial score (nSPS) is 13.6. The van der Waals surface area contributed by atoms with Gasteiger partial charge in [0.25, 0.3) is 5.56 Å². The Labute approximate surface area is 176 Å². The van der Waals surface area contributed by atoms with Gasteiger partial charge in [0.15, 0.2) is 16.3 Å². The van der Waals surface area contributed by atoms with Crippen molar-refractivity contribution in [2.24, 2.45) is 7.05 Å². The number of ether oxygens (including phenoxy) is 1. The second kappa shape index (κ2) is 9.06. The van der Waals surface area contributed by atoms with Gasteiger partial charge < -0.3 is 14.4 Å². The highest BCUT2D eigenvalue weighted by Gasteiger charge is 2.21. The molecule has 2 heterocycles. The molecule has 0 bridgehead atoms. The molecule has 0 aliphatic carbocycles. The number of hydrogen-bond donors (Lipinski definition) is 2.